The van der Waals surface area contributed by atoms with E-state index in [1.165, 1.54) is 70.6 Å². The molecule has 0 spiro atoms. The summed E-state index contributed by atoms with van der Waals surface area (Å²) in [7, 11) is 0. The first-order valence-corrected chi connectivity index (χ1v) is 10.1. The van der Waals surface area contributed by atoms with Crippen LogP contribution in [-0.2, 0) is 0 Å². The van der Waals surface area contributed by atoms with Gasteiger partial charge in [0, 0.05) is 12.8 Å². The molecular formula is C20H42O2. The zero-order chi connectivity index (χ0) is 16.5. The van der Waals surface area contributed by atoms with E-state index < -0.39 is 5.79 Å². The van der Waals surface area contributed by atoms with E-state index in [0.29, 0.717) is 12.8 Å². The highest BCUT2D eigenvalue weighted by Crippen LogP contribution is 2.21. The van der Waals surface area contributed by atoms with Gasteiger partial charge in [-0.15, -0.1) is 0 Å². The van der Waals surface area contributed by atoms with Crippen molar-refractivity contribution in [3.8, 4) is 0 Å². The predicted octanol–water partition coefficient (Wildman–Crippen LogP) is 6.34. The van der Waals surface area contributed by atoms with Crippen LogP contribution in [0, 0.1) is 0 Å². The Balaban J connectivity index is 3.34. The van der Waals surface area contributed by atoms with E-state index in [9.17, 15) is 10.2 Å². The molecule has 134 valence electrons. The molecule has 0 amide bonds. The van der Waals surface area contributed by atoms with Crippen molar-refractivity contribution in [1.29, 1.82) is 0 Å². The Bertz CT molecular complexity index is 214. The molecule has 0 aliphatic heterocycles. The summed E-state index contributed by atoms with van der Waals surface area (Å²) < 4.78 is 0. The first kappa shape index (κ1) is 21.9. The topological polar surface area (TPSA) is 40.5 Å². The minimum absolute atomic E-state index is 0.553. The third-order valence-corrected chi connectivity index (χ3v) is 4.61. The Morgan fingerprint density at radius 3 is 1.05 bits per heavy atom. The van der Waals surface area contributed by atoms with Crippen LogP contribution in [0.4, 0.5) is 0 Å². The van der Waals surface area contributed by atoms with Gasteiger partial charge < -0.3 is 10.2 Å². The molecule has 0 unspecified atom stereocenters. The molecule has 0 bridgehead atoms. The molecule has 0 aliphatic rings. The van der Waals surface area contributed by atoms with Crippen LogP contribution in [0.5, 0.6) is 0 Å². The third-order valence-electron chi connectivity index (χ3n) is 4.61. The van der Waals surface area contributed by atoms with Gasteiger partial charge in [0.05, 0.1) is 0 Å². The Morgan fingerprint density at radius 2 is 0.727 bits per heavy atom. The highest BCUT2D eigenvalue weighted by atomic mass is 16.5. The maximum absolute atomic E-state index is 9.98. The summed E-state index contributed by atoms with van der Waals surface area (Å²) in [5.74, 6) is -1.41. The lowest BCUT2D eigenvalue weighted by atomic mass is 9.99. The van der Waals surface area contributed by atoms with Crippen molar-refractivity contribution in [3.05, 3.63) is 0 Å². The van der Waals surface area contributed by atoms with E-state index in [-0.39, 0.29) is 0 Å². The first-order valence-electron chi connectivity index (χ1n) is 10.1. The molecule has 2 heteroatoms. The smallest absolute Gasteiger partial charge is 0.162 e. The summed E-state index contributed by atoms with van der Waals surface area (Å²) in [6.07, 6.45) is 19.7. The highest BCUT2D eigenvalue weighted by Gasteiger charge is 2.21. The van der Waals surface area contributed by atoms with Crippen molar-refractivity contribution in [1.82, 2.24) is 0 Å². The quantitative estimate of drug-likeness (QED) is 0.243. The molecule has 2 N–H and O–H groups in total. The van der Waals surface area contributed by atoms with Gasteiger partial charge in [-0.25, -0.2) is 0 Å². The average Bonchev–Trinajstić information content (AvgIpc) is 2.49. The van der Waals surface area contributed by atoms with Crippen LogP contribution in [0.15, 0.2) is 0 Å². The fourth-order valence-electron chi connectivity index (χ4n) is 3.03. The second-order valence-corrected chi connectivity index (χ2v) is 7.08. The van der Waals surface area contributed by atoms with E-state index >= 15 is 0 Å². The van der Waals surface area contributed by atoms with Gasteiger partial charge in [0.15, 0.2) is 5.79 Å². The van der Waals surface area contributed by atoms with Gasteiger partial charge >= 0.3 is 0 Å². The van der Waals surface area contributed by atoms with Crippen molar-refractivity contribution in [2.24, 2.45) is 0 Å². The lowest BCUT2D eigenvalue weighted by molar-refractivity contribution is -0.172. The summed E-state index contributed by atoms with van der Waals surface area (Å²) >= 11 is 0. The van der Waals surface area contributed by atoms with Crippen molar-refractivity contribution in [2.45, 2.75) is 129 Å². The average molecular weight is 315 g/mol. The SMILES string of the molecule is CCCCCCCCCCC(O)(O)CCCCCCCCC. The molecule has 0 aromatic rings. The number of aliphatic hydroxyl groups is 2. The zero-order valence-corrected chi connectivity index (χ0v) is 15.4. The van der Waals surface area contributed by atoms with Crippen molar-refractivity contribution < 1.29 is 10.2 Å². The predicted molar refractivity (Wildman–Crippen MR) is 97.0 cm³/mol. The molecule has 0 radical (unpaired) electrons. The standard InChI is InChI=1S/C20H42O2/c1-3-5-7-9-11-13-15-17-19-20(21,22)18-16-14-12-10-8-6-4-2/h21-22H,3-19H2,1-2H3. The highest BCUT2D eigenvalue weighted by molar-refractivity contribution is 4.65. The van der Waals surface area contributed by atoms with Crippen LogP contribution in [0.25, 0.3) is 0 Å². The van der Waals surface area contributed by atoms with Crippen LogP contribution in [0.1, 0.15) is 123 Å². The molecule has 0 saturated carbocycles. The minimum Gasteiger partial charge on any atom is -0.366 e. The molecule has 0 fully saturated rings. The normalized spacial score (nSPS) is 12.0. The Morgan fingerprint density at radius 1 is 0.455 bits per heavy atom. The number of unbranched alkanes of at least 4 members (excludes halogenated alkanes) is 13. The Kier molecular flexibility index (Phi) is 15.7. The van der Waals surface area contributed by atoms with E-state index in [4.69, 9.17) is 0 Å². The molecule has 0 heterocycles. The lowest BCUT2D eigenvalue weighted by Gasteiger charge is -2.21. The number of hydrogen-bond acceptors (Lipinski definition) is 2. The summed E-state index contributed by atoms with van der Waals surface area (Å²) in [5, 5.41) is 20.0. The second-order valence-electron chi connectivity index (χ2n) is 7.08. The van der Waals surface area contributed by atoms with Crippen LogP contribution in [0.3, 0.4) is 0 Å². The third kappa shape index (κ3) is 16.3. The molecule has 0 aromatic carbocycles. The monoisotopic (exact) mass is 314 g/mol. The van der Waals surface area contributed by atoms with Gasteiger partial charge in [0.25, 0.3) is 0 Å². The van der Waals surface area contributed by atoms with Gasteiger partial charge in [0.1, 0.15) is 0 Å². The fraction of sp³-hybridized carbons (Fsp3) is 1.00. The van der Waals surface area contributed by atoms with Crippen LogP contribution < -0.4 is 0 Å². The molecule has 0 atom stereocenters. The van der Waals surface area contributed by atoms with E-state index in [1.54, 1.807) is 0 Å². The molecule has 22 heavy (non-hydrogen) atoms. The zero-order valence-electron chi connectivity index (χ0n) is 15.4. The Labute approximate surface area is 139 Å². The second kappa shape index (κ2) is 15.8. The molecular weight excluding hydrogens is 272 g/mol. The van der Waals surface area contributed by atoms with Gasteiger partial charge in [0.2, 0.25) is 0 Å². The summed E-state index contributed by atoms with van der Waals surface area (Å²) in [5.41, 5.74) is 0. The molecule has 0 saturated heterocycles. The first-order chi connectivity index (χ1) is 10.6. The van der Waals surface area contributed by atoms with E-state index in [2.05, 4.69) is 13.8 Å². The van der Waals surface area contributed by atoms with E-state index in [1.807, 2.05) is 0 Å². The minimum atomic E-state index is -1.41. The van der Waals surface area contributed by atoms with Gasteiger partial charge in [-0.3, -0.25) is 0 Å². The number of rotatable bonds is 17. The maximum Gasteiger partial charge on any atom is 0.162 e. The summed E-state index contributed by atoms with van der Waals surface area (Å²) in [6.45, 7) is 4.48. The van der Waals surface area contributed by atoms with Gasteiger partial charge in [-0.1, -0.05) is 97.3 Å². The fourth-order valence-corrected chi connectivity index (χ4v) is 3.03. The largest absolute Gasteiger partial charge is 0.366 e. The van der Waals surface area contributed by atoms with Crippen molar-refractivity contribution in [2.75, 3.05) is 0 Å². The Hall–Kier alpha value is -0.0800. The lowest BCUT2D eigenvalue weighted by Crippen LogP contribution is -2.27. The van der Waals surface area contributed by atoms with Gasteiger partial charge in [-0.05, 0) is 12.8 Å². The molecule has 2 nitrogen and oxygen atoms in total. The maximum atomic E-state index is 9.98. The van der Waals surface area contributed by atoms with E-state index in [0.717, 1.165) is 25.7 Å². The van der Waals surface area contributed by atoms with Gasteiger partial charge in [-0.2, -0.15) is 0 Å². The van der Waals surface area contributed by atoms with Crippen LogP contribution >= 0.6 is 0 Å². The van der Waals surface area contributed by atoms with Crippen molar-refractivity contribution >= 4 is 0 Å². The van der Waals surface area contributed by atoms with Crippen LogP contribution in [-0.4, -0.2) is 16.0 Å². The summed E-state index contributed by atoms with van der Waals surface area (Å²) in [4.78, 5) is 0. The van der Waals surface area contributed by atoms with Crippen molar-refractivity contribution in [3.63, 3.8) is 0 Å². The van der Waals surface area contributed by atoms with Crippen LogP contribution in [0.2, 0.25) is 0 Å². The number of hydrogen-bond donors (Lipinski definition) is 2. The molecule has 0 aromatic heterocycles. The molecule has 0 rings (SSSR count). The molecule has 0 aliphatic carbocycles. The summed E-state index contributed by atoms with van der Waals surface area (Å²) in [6, 6.07) is 0.